The number of rotatable bonds is 20. The van der Waals surface area contributed by atoms with Crippen molar-refractivity contribution in [3.05, 3.63) is 24.3 Å². The van der Waals surface area contributed by atoms with Crippen LogP contribution in [0.3, 0.4) is 0 Å². The largest absolute Gasteiger partial charge is 0.488 e. The third-order valence-electron chi connectivity index (χ3n) is 4.91. The molecule has 0 saturated heterocycles. The average molecular weight is 472 g/mol. The Morgan fingerprint density at radius 2 is 1.52 bits per heavy atom. The van der Waals surface area contributed by atoms with Crippen molar-refractivity contribution in [2.24, 2.45) is 0 Å². The van der Waals surface area contributed by atoms with E-state index in [9.17, 15) is 9.59 Å². The molecule has 0 aliphatic rings. The molecular weight excluding hydrogens is 432 g/mol. The third kappa shape index (κ3) is 14.4. The monoisotopic (exact) mass is 471 g/mol. The van der Waals surface area contributed by atoms with Gasteiger partial charge in [0.25, 0.3) is 0 Å². The van der Waals surface area contributed by atoms with E-state index in [-0.39, 0.29) is 23.7 Å². The summed E-state index contributed by atoms with van der Waals surface area (Å²) in [6, 6.07) is 7.90. The molecule has 1 aromatic rings. The molecule has 0 spiro atoms. The van der Waals surface area contributed by atoms with E-state index in [2.05, 4.69) is 6.92 Å². The first-order valence-electron chi connectivity index (χ1n) is 11.4. The Balaban J connectivity index is 2.46. The molecule has 1 aromatic carbocycles. The van der Waals surface area contributed by atoms with Crippen LogP contribution < -0.4 is 4.74 Å². The Morgan fingerprint density at radius 3 is 2.16 bits per heavy atom. The normalized spacial score (nSPS) is 11.9. The summed E-state index contributed by atoms with van der Waals surface area (Å²) in [5, 5.41) is 18.7. The first-order valence-corrected chi connectivity index (χ1v) is 14.2. The van der Waals surface area contributed by atoms with Gasteiger partial charge >= 0.3 is 11.9 Å². The highest BCUT2D eigenvalue weighted by Crippen LogP contribution is 2.29. The van der Waals surface area contributed by atoms with E-state index in [0.29, 0.717) is 18.1 Å². The van der Waals surface area contributed by atoms with E-state index in [1.54, 1.807) is 11.8 Å². The second-order valence-corrected chi connectivity index (χ2v) is 11.2. The molecule has 0 amide bonds. The van der Waals surface area contributed by atoms with E-state index < -0.39 is 11.9 Å². The molecule has 0 aliphatic carbocycles. The number of para-hydroxylation sites is 1. The minimum Gasteiger partial charge on any atom is -0.488 e. The molecule has 0 aromatic heterocycles. The smallest absolute Gasteiger partial charge is 0.308 e. The Morgan fingerprint density at radius 1 is 0.903 bits per heavy atom. The van der Waals surface area contributed by atoms with Gasteiger partial charge in [0, 0.05) is 16.6 Å². The van der Waals surface area contributed by atoms with Crippen LogP contribution in [-0.2, 0) is 20.5 Å². The van der Waals surface area contributed by atoms with Gasteiger partial charge in [0.05, 0.1) is 19.4 Å². The fourth-order valence-electron chi connectivity index (χ4n) is 3.16. The minimum absolute atomic E-state index is 0.106. The predicted octanol–water partition coefficient (Wildman–Crippen LogP) is 6.21. The summed E-state index contributed by atoms with van der Waals surface area (Å²) < 4.78 is 6.09. The first kappa shape index (κ1) is 27.7. The van der Waals surface area contributed by atoms with Crippen LogP contribution in [0.5, 0.6) is 5.75 Å². The molecule has 0 bridgehead atoms. The van der Waals surface area contributed by atoms with Crippen LogP contribution >= 0.6 is 11.8 Å². The number of benzene rings is 1. The molecule has 2 N–H and O–H groups in total. The quantitative estimate of drug-likeness (QED) is 0.174. The fraction of sp³-hybridized carbons (Fsp3) is 0.667. The number of ether oxygens (including phenoxy) is 1. The van der Waals surface area contributed by atoms with Crippen molar-refractivity contribution in [3.8, 4) is 5.75 Å². The third-order valence-corrected chi connectivity index (χ3v) is 8.87. The maximum Gasteiger partial charge on any atom is 0.308 e. The lowest BCUT2D eigenvalue weighted by molar-refractivity contribution is -0.137. The Kier molecular flexibility index (Phi) is 16.3. The highest BCUT2D eigenvalue weighted by molar-refractivity contribution is 8.14. The standard InChI is InChI=1S/C24H38O5S2/c1-2-3-4-5-6-7-8-9-12-17-29-21-13-10-11-14-22(21)31(19-16-24(27)28)20-30-18-15-23(25)26/h10-11,13-14H,2-9,12,15-20H2,1H3,(H-,25,26,27,28)/p+1. The van der Waals surface area contributed by atoms with Crippen molar-refractivity contribution in [1.82, 2.24) is 0 Å². The number of carbonyl (C=O) groups is 2. The highest BCUT2D eigenvalue weighted by atomic mass is 32.2. The molecule has 0 heterocycles. The molecule has 1 unspecified atom stereocenters. The number of thioether (sulfide) groups is 1. The maximum atomic E-state index is 11.1. The zero-order chi connectivity index (χ0) is 22.7. The van der Waals surface area contributed by atoms with Crippen LogP contribution in [-0.4, -0.2) is 45.3 Å². The molecule has 1 rings (SSSR count). The van der Waals surface area contributed by atoms with E-state index in [0.717, 1.165) is 22.2 Å². The minimum atomic E-state index is -0.805. The fourth-order valence-corrected chi connectivity index (χ4v) is 7.06. The summed E-state index contributed by atoms with van der Waals surface area (Å²) in [6.45, 7) is 2.92. The SMILES string of the molecule is CCCCCCCCCCCOc1ccccc1[S+](CCC(=O)O)CSCCC(=O)O. The van der Waals surface area contributed by atoms with Gasteiger partial charge in [0.2, 0.25) is 0 Å². The summed E-state index contributed by atoms with van der Waals surface area (Å²) in [4.78, 5) is 22.9. The van der Waals surface area contributed by atoms with Crippen LogP contribution in [0.1, 0.15) is 77.6 Å². The number of hydrogen-bond acceptors (Lipinski definition) is 4. The van der Waals surface area contributed by atoms with Crippen LogP contribution in [0.25, 0.3) is 0 Å². The van der Waals surface area contributed by atoms with Gasteiger partial charge in [0.15, 0.2) is 15.7 Å². The summed E-state index contributed by atoms with van der Waals surface area (Å²) in [6.07, 6.45) is 11.6. The van der Waals surface area contributed by atoms with E-state index >= 15 is 0 Å². The van der Waals surface area contributed by atoms with Crippen LogP contribution in [0, 0.1) is 0 Å². The summed E-state index contributed by atoms with van der Waals surface area (Å²) in [7, 11) is -0.285. The van der Waals surface area contributed by atoms with Crippen LogP contribution in [0.4, 0.5) is 0 Å². The van der Waals surface area contributed by atoms with Gasteiger partial charge in [0.1, 0.15) is 5.75 Å². The van der Waals surface area contributed by atoms with Gasteiger partial charge in [-0.3, -0.25) is 9.59 Å². The molecule has 0 aliphatic heterocycles. The topological polar surface area (TPSA) is 83.8 Å². The van der Waals surface area contributed by atoms with Crippen molar-refractivity contribution in [2.45, 2.75) is 82.4 Å². The summed E-state index contributed by atoms with van der Waals surface area (Å²) >= 11 is 1.57. The lowest BCUT2D eigenvalue weighted by Gasteiger charge is -2.13. The highest BCUT2D eigenvalue weighted by Gasteiger charge is 2.27. The van der Waals surface area contributed by atoms with Gasteiger partial charge in [-0.05, 0) is 18.6 Å². The van der Waals surface area contributed by atoms with Crippen molar-refractivity contribution >= 4 is 34.6 Å². The maximum absolute atomic E-state index is 11.1. The average Bonchev–Trinajstić information content (AvgIpc) is 2.74. The number of hydrogen-bond donors (Lipinski definition) is 2. The molecule has 1 atom stereocenters. The lowest BCUT2D eigenvalue weighted by Crippen LogP contribution is -2.16. The summed E-state index contributed by atoms with van der Waals surface area (Å²) in [5.41, 5.74) is 0. The van der Waals surface area contributed by atoms with Crippen LogP contribution in [0.15, 0.2) is 29.2 Å². The van der Waals surface area contributed by atoms with Gasteiger partial charge in [-0.25, -0.2) is 0 Å². The van der Waals surface area contributed by atoms with Gasteiger partial charge in [-0.2, -0.15) is 0 Å². The van der Waals surface area contributed by atoms with E-state index in [1.807, 2.05) is 24.3 Å². The van der Waals surface area contributed by atoms with Gasteiger partial charge in [-0.15, -0.1) is 11.8 Å². The molecular formula is C24H39O5S2+. The second-order valence-electron chi connectivity index (χ2n) is 7.63. The predicted molar refractivity (Wildman–Crippen MR) is 131 cm³/mol. The van der Waals surface area contributed by atoms with Gasteiger partial charge < -0.3 is 14.9 Å². The van der Waals surface area contributed by atoms with Crippen LogP contribution in [0.2, 0.25) is 0 Å². The van der Waals surface area contributed by atoms with Crippen molar-refractivity contribution in [2.75, 3.05) is 23.2 Å². The molecule has 0 saturated carbocycles. The van der Waals surface area contributed by atoms with Crippen molar-refractivity contribution in [1.29, 1.82) is 0 Å². The van der Waals surface area contributed by atoms with Crippen molar-refractivity contribution < 1.29 is 24.5 Å². The Labute approximate surface area is 194 Å². The van der Waals surface area contributed by atoms with E-state index in [1.165, 1.54) is 51.4 Å². The first-order chi connectivity index (χ1) is 15.0. The van der Waals surface area contributed by atoms with Gasteiger partial charge in [-0.1, -0.05) is 70.4 Å². The molecule has 0 fully saturated rings. The zero-order valence-corrected chi connectivity index (χ0v) is 20.5. The molecule has 176 valence electrons. The zero-order valence-electron chi connectivity index (χ0n) is 18.9. The lowest BCUT2D eigenvalue weighted by atomic mass is 10.1. The molecule has 5 nitrogen and oxygen atoms in total. The number of aliphatic carboxylic acids is 2. The molecule has 31 heavy (non-hydrogen) atoms. The van der Waals surface area contributed by atoms with Crippen molar-refractivity contribution in [3.63, 3.8) is 0 Å². The number of carboxylic acid groups (broad SMARTS) is 2. The molecule has 7 heteroatoms. The van der Waals surface area contributed by atoms with E-state index in [4.69, 9.17) is 14.9 Å². The summed E-state index contributed by atoms with van der Waals surface area (Å²) in [5.74, 6) is 0.319. The Hall–Kier alpha value is -1.34. The number of carboxylic acids is 2. The second kappa shape index (κ2) is 18.3. The molecule has 0 radical (unpaired) electrons. The number of unbranched alkanes of at least 4 members (excludes halogenated alkanes) is 8. The Bertz CT molecular complexity index is 624.